The van der Waals surface area contributed by atoms with E-state index in [4.69, 9.17) is 17.3 Å². The van der Waals surface area contributed by atoms with Gasteiger partial charge >= 0.3 is 0 Å². The van der Waals surface area contributed by atoms with Gasteiger partial charge in [-0.15, -0.1) is 11.3 Å². The first-order valence-corrected chi connectivity index (χ1v) is 3.37. The average molecular weight is 163 g/mol. The first-order chi connectivity index (χ1) is 4.20. The topological polar surface area (TPSA) is 56.0 Å². The molecule has 0 bridgehead atoms. The third-order valence-electron chi connectivity index (χ3n) is 0.729. The van der Waals surface area contributed by atoms with E-state index in [0.29, 0.717) is 4.47 Å². The van der Waals surface area contributed by atoms with Crippen molar-refractivity contribution in [2.75, 3.05) is 0 Å². The number of thiazole rings is 1. The van der Waals surface area contributed by atoms with Gasteiger partial charge in [-0.1, -0.05) is 11.6 Å². The van der Waals surface area contributed by atoms with Crippen LogP contribution in [0.25, 0.3) is 0 Å². The van der Waals surface area contributed by atoms with E-state index < -0.39 is 5.91 Å². The maximum absolute atomic E-state index is 10.3. The third kappa shape index (κ3) is 1.40. The summed E-state index contributed by atoms with van der Waals surface area (Å²) < 4.78 is 0.337. The number of hydrogen-bond donors (Lipinski definition) is 1. The van der Waals surface area contributed by atoms with Gasteiger partial charge in [-0.3, -0.25) is 4.79 Å². The van der Waals surface area contributed by atoms with Crippen LogP contribution in [0.5, 0.6) is 0 Å². The number of carbonyl (C=O) groups excluding carboxylic acids is 1. The number of halogens is 1. The Morgan fingerprint density at radius 1 is 1.89 bits per heavy atom. The molecule has 0 atom stereocenters. The molecule has 48 valence electrons. The highest BCUT2D eigenvalue weighted by atomic mass is 35.5. The van der Waals surface area contributed by atoms with Crippen LogP contribution >= 0.6 is 22.9 Å². The Balaban J connectivity index is 2.98. The first-order valence-electron chi connectivity index (χ1n) is 2.11. The van der Waals surface area contributed by atoms with Crippen molar-refractivity contribution < 1.29 is 4.79 Å². The van der Waals surface area contributed by atoms with E-state index in [9.17, 15) is 4.79 Å². The molecule has 0 saturated heterocycles. The molecule has 0 fully saturated rings. The van der Waals surface area contributed by atoms with E-state index in [1.54, 1.807) is 0 Å². The Morgan fingerprint density at radius 3 is 2.78 bits per heavy atom. The standard InChI is InChI=1S/C4H3ClN2OS/c5-4-7-2(1-9-4)3(6)8/h1H,(H2,6,8). The van der Waals surface area contributed by atoms with Crippen LogP contribution in [0.4, 0.5) is 0 Å². The number of amides is 1. The van der Waals surface area contributed by atoms with E-state index in [1.807, 2.05) is 0 Å². The van der Waals surface area contributed by atoms with Crippen molar-refractivity contribution in [3.8, 4) is 0 Å². The lowest BCUT2D eigenvalue weighted by atomic mass is 10.5. The summed E-state index contributed by atoms with van der Waals surface area (Å²) in [4.78, 5) is 13.9. The molecular weight excluding hydrogens is 160 g/mol. The number of aromatic nitrogens is 1. The lowest BCUT2D eigenvalue weighted by molar-refractivity contribution is 0.0996. The predicted octanol–water partition coefficient (Wildman–Crippen LogP) is 0.895. The molecule has 0 aliphatic rings. The van der Waals surface area contributed by atoms with E-state index in [0.717, 1.165) is 0 Å². The molecule has 0 radical (unpaired) electrons. The van der Waals surface area contributed by atoms with E-state index >= 15 is 0 Å². The molecule has 0 spiro atoms. The summed E-state index contributed by atoms with van der Waals surface area (Å²) in [5.74, 6) is -0.543. The molecule has 0 unspecified atom stereocenters. The Labute approximate surface area is 60.5 Å². The van der Waals surface area contributed by atoms with Crippen molar-refractivity contribution in [3.05, 3.63) is 15.5 Å². The minimum Gasteiger partial charge on any atom is -0.364 e. The van der Waals surface area contributed by atoms with Gasteiger partial charge in [0, 0.05) is 5.38 Å². The van der Waals surface area contributed by atoms with Crippen molar-refractivity contribution in [2.45, 2.75) is 0 Å². The van der Waals surface area contributed by atoms with Crippen LogP contribution in [0.15, 0.2) is 5.38 Å². The molecule has 1 aromatic heterocycles. The minimum atomic E-state index is -0.543. The van der Waals surface area contributed by atoms with Crippen LogP contribution in [-0.2, 0) is 0 Å². The summed E-state index contributed by atoms with van der Waals surface area (Å²) in [7, 11) is 0. The van der Waals surface area contributed by atoms with Crippen LogP contribution < -0.4 is 5.73 Å². The highest BCUT2D eigenvalue weighted by molar-refractivity contribution is 7.14. The molecule has 1 heterocycles. The second-order valence-corrected chi connectivity index (χ2v) is 2.79. The van der Waals surface area contributed by atoms with Gasteiger partial charge in [0.2, 0.25) is 0 Å². The molecular formula is C4H3ClN2OS. The van der Waals surface area contributed by atoms with Gasteiger partial charge in [-0.05, 0) is 0 Å². The van der Waals surface area contributed by atoms with Gasteiger partial charge in [0.25, 0.3) is 5.91 Å². The van der Waals surface area contributed by atoms with Crippen LogP contribution in [-0.4, -0.2) is 10.9 Å². The minimum absolute atomic E-state index is 0.227. The van der Waals surface area contributed by atoms with Gasteiger partial charge in [-0.2, -0.15) is 0 Å². The summed E-state index contributed by atoms with van der Waals surface area (Å²) in [6.45, 7) is 0. The predicted molar refractivity (Wildman–Crippen MR) is 35.6 cm³/mol. The van der Waals surface area contributed by atoms with E-state index in [2.05, 4.69) is 4.98 Å². The van der Waals surface area contributed by atoms with Crippen LogP contribution in [0.3, 0.4) is 0 Å². The fourth-order valence-electron chi connectivity index (χ4n) is 0.365. The zero-order chi connectivity index (χ0) is 6.85. The SMILES string of the molecule is NC(=O)c1csc(Cl)n1. The van der Waals surface area contributed by atoms with Crippen LogP contribution in [0.2, 0.25) is 4.47 Å². The summed E-state index contributed by atoms with van der Waals surface area (Å²) in [5, 5.41) is 1.52. The second-order valence-electron chi connectivity index (χ2n) is 1.35. The lowest BCUT2D eigenvalue weighted by Crippen LogP contribution is -2.10. The number of nitrogens with two attached hydrogens (primary N) is 1. The van der Waals surface area contributed by atoms with Crippen molar-refractivity contribution >= 4 is 28.8 Å². The summed E-state index contributed by atoms with van der Waals surface area (Å²) in [6, 6.07) is 0. The summed E-state index contributed by atoms with van der Waals surface area (Å²) in [6.07, 6.45) is 0. The highest BCUT2D eigenvalue weighted by Gasteiger charge is 2.03. The Bertz CT molecular complexity index is 234. The molecule has 1 rings (SSSR count). The molecule has 1 aromatic rings. The smallest absolute Gasteiger partial charge is 0.268 e. The number of primary amides is 1. The highest BCUT2D eigenvalue weighted by Crippen LogP contribution is 2.13. The van der Waals surface area contributed by atoms with E-state index in [-0.39, 0.29) is 5.69 Å². The Kier molecular flexibility index (Phi) is 1.68. The Morgan fingerprint density at radius 2 is 2.56 bits per heavy atom. The molecule has 9 heavy (non-hydrogen) atoms. The average Bonchev–Trinajstić information content (AvgIpc) is 2.14. The van der Waals surface area contributed by atoms with Gasteiger partial charge in [0.05, 0.1) is 0 Å². The van der Waals surface area contributed by atoms with Crippen LogP contribution in [0, 0.1) is 0 Å². The Hall–Kier alpha value is -0.610. The molecule has 0 aliphatic carbocycles. The first kappa shape index (κ1) is 6.51. The van der Waals surface area contributed by atoms with Gasteiger partial charge in [0.1, 0.15) is 5.69 Å². The molecule has 1 amide bonds. The van der Waals surface area contributed by atoms with Crippen molar-refractivity contribution in [2.24, 2.45) is 5.73 Å². The largest absolute Gasteiger partial charge is 0.364 e. The van der Waals surface area contributed by atoms with Crippen LogP contribution in [0.1, 0.15) is 10.5 Å². The van der Waals surface area contributed by atoms with Crippen molar-refractivity contribution in [1.82, 2.24) is 4.98 Å². The molecule has 0 aromatic carbocycles. The second kappa shape index (κ2) is 2.33. The molecule has 2 N–H and O–H groups in total. The fourth-order valence-corrected chi connectivity index (χ4v) is 1.12. The number of nitrogens with zero attached hydrogens (tertiary/aromatic N) is 1. The third-order valence-corrected chi connectivity index (χ3v) is 1.71. The van der Waals surface area contributed by atoms with Gasteiger partial charge in [-0.25, -0.2) is 4.98 Å². The maximum atomic E-state index is 10.3. The summed E-state index contributed by atoms with van der Waals surface area (Å²) >= 11 is 6.59. The monoisotopic (exact) mass is 162 g/mol. The van der Waals surface area contributed by atoms with Gasteiger partial charge in [0.15, 0.2) is 4.47 Å². The zero-order valence-corrected chi connectivity index (χ0v) is 5.87. The number of rotatable bonds is 1. The number of carbonyl (C=O) groups is 1. The molecule has 5 heteroatoms. The number of hydrogen-bond acceptors (Lipinski definition) is 3. The molecule has 0 aliphatic heterocycles. The van der Waals surface area contributed by atoms with E-state index in [1.165, 1.54) is 16.7 Å². The zero-order valence-electron chi connectivity index (χ0n) is 4.30. The van der Waals surface area contributed by atoms with Crippen molar-refractivity contribution in [1.29, 1.82) is 0 Å². The summed E-state index contributed by atoms with van der Waals surface area (Å²) in [5.41, 5.74) is 5.10. The normalized spacial score (nSPS) is 9.44. The quantitative estimate of drug-likeness (QED) is 0.667. The lowest BCUT2D eigenvalue weighted by Gasteiger charge is -1.79. The maximum Gasteiger partial charge on any atom is 0.268 e. The molecule has 0 saturated carbocycles. The fraction of sp³-hybridized carbons (Fsp3) is 0. The van der Waals surface area contributed by atoms with Crippen molar-refractivity contribution in [3.63, 3.8) is 0 Å². The van der Waals surface area contributed by atoms with Gasteiger partial charge < -0.3 is 5.73 Å². The molecule has 3 nitrogen and oxygen atoms in total.